The summed E-state index contributed by atoms with van der Waals surface area (Å²) in [6.07, 6.45) is 0. The molecule has 1 amide bonds. The lowest BCUT2D eigenvalue weighted by molar-refractivity contribution is -0.119. The second-order valence-corrected chi connectivity index (χ2v) is 7.05. The molecule has 0 atom stereocenters. The number of carbonyl (C=O) groups is 2. The van der Waals surface area contributed by atoms with Gasteiger partial charge >= 0.3 is 0 Å². The van der Waals surface area contributed by atoms with Gasteiger partial charge in [0.25, 0.3) is 0 Å². The zero-order valence-electron chi connectivity index (χ0n) is 17.2. The quantitative estimate of drug-likeness (QED) is 0.322. The van der Waals surface area contributed by atoms with Gasteiger partial charge in [0, 0.05) is 32.1 Å². The fourth-order valence-corrected chi connectivity index (χ4v) is 3.36. The lowest BCUT2D eigenvalue weighted by Gasteiger charge is -2.32. The van der Waals surface area contributed by atoms with E-state index >= 15 is 0 Å². The molecule has 31 heavy (non-hydrogen) atoms. The van der Waals surface area contributed by atoms with Gasteiger partial charge in [-0.3, -0.25) is 9.59 Å². The Morgan fingerprint density at radius 3 is 2.26 bits per heavy atom. The molecular formula is C24H20F3N2O2. The van der Waals surface area contributed by atoms with Gasteiger partial charge in [-0.25, -0.2) is 23.2 Å². The molecule has 0 aromatic heterocycles. The van der Waals surface area contributed by atoms with Crippen molar-refractivity contribution in [3.05, 3.63) is 100 Å². The molecule has 0 aliphatic heterocycles. The van der Waals surface area contributed by atoms with Gasteiger partial charge < -0.3 is 0 Å². The fourth-order valence-electron chi connectivity index (χ4n) is 3.36. The number of hydrogen-bond acceptors (Lipinski definition) is 3. The van der Waals surface area contributed by atoms with Gasteiger partial charge in [-0.1, -0.05) is 36.4 Å². The number of nitrogens with zero attached hydrogens (tertiary/aromatic N) is 2. The highest BCUT2D eigenvalue weighted by Crippen LogP contribution is 2.28. The van der Waals surface area contributed by atoms with E-state index in [1.807, 2.05) is 30.3 Å². The summed E-state index contributed by atoms with van der Waals surface area (Å²) in [6.45, 7) is 3.37. The van der Waals surface area contributed by atoms with Gasteiger partial charge in [0.05, 0.1) is 11.3 Å². The number of amides is 1. The highest BCUT2D eigenvalue weighted by atomic mass is 19.2. The number of benzene rings is 3. The molecule has 0 unspecified atom stereocenters. The van der Waals surface area contributed by atoms with E-state index in [1.165, 1.54) is 24.1 Å². The van der Waals surface area contributed by atoms with Crippen LogP contribution in [-0.4, -0.2) is 23.7 Å². The third-order valence-corrected chi connectivity index (χ3v) is 4.86. The standard InChI is InChI=1S/C24H20F3N2O2/c1-15-18(24(31)19-12-13-20(25)23(27)22(19)26)10-7-11-21(15)29(16(2)30)28(3)14-17-8-5-4-6-9-17/h4-10,12-13H,14H2,1-3H3. The first-order valence-corrected chi connectivity index (χ1v) is 9.47. The molecule has 0 saturated heterocycles. The van der Waals surface area contributed by atoms with E-state index in [4.69, 9.17) is 0 Å². The Labute approximate surface area is 178 Å². The van der Waals surface area contributed by atoms with Crippen molar-refractivity contribution in [2.24, 2.45) is 0 Å². The van der Waals surface area contributed by atoms with Gasteiger partial charge in [0.2, 0.25) is 5.91 Å². The summed E-state index contributed by atoms with van der Waals surface area (Å²) >= 11 is 0. The predicted molar refractivity (Wildman–Crippen MR) is 111 cm³/mol. The molecule has 4 nitrogen and oxygen atoms in total. The van der Waals surface area contributed by atoms with Crippen molar-refractivity contribution < 1.29 is 22.8 Å². The first-order valence-electron chi connectivity index (χ1n) is 9.47. The molecule has 0 saturated carbocycles. The first-order chi connectivity index (χ1) is 14.7. The maximum Gasteiger partial charge on any atom is 0.238 e. The van der Waals surface area contributed by atoms with E-state index in [1.54, 1.807) is 19.0 Å². The van der Waals surface area contributed by atoms with E-state index in [-0.39, 0.29) is 11.5 Å². The highest BCUT2D eigenvalue weighted by molar-refractivity contribution is 6.11. The molecule has 0 N–H and O–H groups in total. The molecule has 0 aliphatic rings. The van der Waals surface area contributed by atoms with Crippen LogP contribution in [0.4, 0.5) is 18.9 Å². The van der Waals surface area contributed by atoms with Crippen LogP contribution >= 0.6 is 0 Å². The van der Waals surface area contributed by atoms with Crippen molar-refractivity contribution >= 4 is 17.4 Å². The van der Waals surface area contributed by atoms with Gasteiger partial charge in [-0.05, 0) is 36.2 Å². The van der Waals surface area contributed by atoms with Gasteiger partial charge in [0.1, 0.15) is 0 Å². The van der Waals surface area contributed by atoms with Gasteiger partial charge in [0.15, 0.2) is 23.2 Å². The molecule has 3 aromatic carbocycles. The zero-order chi connectivity index (χ0) is 22.7. The van der Waals surface area contributed by atoms with Crippen LogP contribution in [0.2, 0.25) is 0 Å². The third kappa shape index (κ3) is 4.51. The van der Waals surface area contributed by atoms with Gasteiger partial charge in [-0.15, -0.1) is 0 Å². The Morgan fingerprint density at radius 1 is 0.935 bits per heavy atom. The molecule has 1 radical (unpaired) electrons. The Bertz CT molecular complexity index is 1130. The van der Waals surface area contributed by atoms with Crippen molar-refractivity contribution in [1.29, 1.82) is 0 Å². The summed E-state index contributed by atoms with van der Waals surface area (Å²) in [6, 6.07) is 16.9. The lowest BCUT2D eigenvalue weighted by atomic mass is 9.97. The van der Waals surface area contributed by atoms with Crippen molar-refractivity contribution in [3.8, 4) is 0 Å². The number of ketones is 1. The van der Waals surface area contributed by atoms with Crippen LogP contribution in [0.5, 0.6) is 0 Å². The van der Waals surface area contributed by atoms with E-state index in [0.717, 1.165) is 11.6 Å². The first kappa shape index (κ1) is 22.2. The van der Waals surface area contributed by atoms with Crippen molar-refractivity contribution in [2.45, 2.75) is 20.4 Å². The molecular weight excluding hydrogens is 405 g/mol. The van der Waals surface area contributed by atoms with Crippen LogP contribution in [-0.2, 0) is 11.3 Å². The van der Waals surface area contributed by atoms with Crippen LogP contribution in [0.15, 0.2) is 54.6 Å². The van der Waals surface area contributed by atoms with Crippen LogP contribution < -0.4 is 5.01 Å². The minimum atomic E-state index is -1.71. The highest BCUT2D eigenvalue weighted by Gasteiger charge is 2.25. The number of hydrazine groups is 1. The maximum atomic E-state index is 14.2. The van der Waals surface area contributed by atoms with Crippen LogP contribution in [0.25, 0.3) is 0 Å². The van der Waals surface area contributed by atoms with E-state index < -0.39 is 28.8 Å². The molecule has 0 bridgehead atoms. The van der Waals surface area contributed by atoms with E-state index in [0.29, 0.717) is 23.9 Å². The number of anilines is 1. The van der Waals surface area contributed by atoms with Crippen LogP contribution in [0.3, 0.4) is 0 Å². The molecule has 159 valence electrons. The lowest BCUT2D eigenvalue weighted by Crippen LogP contribution is -2.43. The normalized spacial score (nSPS) is 10.9. The minimum Gasteiger partial charge on any atom is -0.288 e. The number of rotatable bonds is 6. The zero-order valence-corrected chi connectivity index (χ0v) is 17.2. The molecule has 0 spiro atoms. The summed E-state index contributed by atoms with van der Waals surface area (Å²) in [4.78, 5) is 25.3. The Kier molecular flexibility index (Phi) is 6.56. The summed E-state index contributed by atoms with van der Waals surface area (Å²) in [7, 11) is 1.71. The monoisotopic (exact) mass is 425 g/mol. The molecule has 3 rings (SSSR count). The SMILES string of the molecule is CC(=O)N(c1[c]ccc(C(=O)c2ccc(F)c(F)c2F)c1C)N(C)Cc1ccccc1. The number of halogens is 3. The molecule has 0 fully saturated rings. The van der Waals surface area contributed by atoms with Gasteiger partial charge in [-0.2, -0.15) is 0 Å². The van der Waals surface area contributed by atoms with Crippen LogP contribution in [0, 0.1) is 30.4 Å². The van der Waals surface area contributed by atoms with Crippen LogP contribution in [0.1, 0.15) is 34.0 Å². The summed E-state index contributed by atoms with van der Waals surface area (Å²) in [5, 5.41) is 3.03. The Balaban J connectivity index is 2.01. The second kappa shape index (κ2) is 9.14. The molecule has 0 aliphatic carbocycles. The summed E-state index contributed by atoms with van der Waals surface area (Å²) in [5.74, 6) is -5.78. The summed E-state index contributed by atoms with van der Waals surface area (Å²) < 4.78 is 41.0. The van der Waals surface area contributed by atoms with Crippen molar-refractivity contribution in [2.75, 3.05) is 12.1 Å². The third-order valence-electron chi connectivity index (χ3n) is 4.86. The Hall–Kier alpha value is -3.45. The van der Waals surface area contributed by atoms with Crippen molar-refractivity contribution in [1.82, 2.24) is 5.01 Å². The van der Waals surface area contributed by atoms with E-state index in [2.05, 4.69) is 6.07 Å². The minimum absolute atomic E-state index is 0.0537. The second-order valence-electron chi connectivity index (χ2n) is 7.05. The maximum absolute atomic E-state index is 14.2. The molecule has 7 heteroatoms. The molecule has 3 aromatic rings. The smallest absolute Gasteiger partial charge is 0.238 e. The molecule has 0 heterocycles. The number of hydrogen-bond donors (Lipinski definition) is 0. The largest absolute Gasteiger partial charge is 0.288 e. The fraction of sp³-hybridized carbons (Fsp3) is 0.167. The average molecular weight is 425 g/mol. The van der Waals surface area contributed by atoms with Crippen molar-refractivity contribution in [3.63, 3.8) is 0 Å². The Morgan fingerprint density at radius 2 is 1.61 bits per heavy atom. The van der Waals surface area contributed by atoms with E-state index in [9.17, 15) is 22.8 Å². The summed E-state index contributed by atoms with van der Waals surface area (Å²) in [5.41, 5.74) is 1.08. The predicted octanol–water partition coefficient (Wildman–Crippen LogP) is 4.84. The number of carbonyl (C=O) groups excluding carboxylic acids is 2. The average Bonchev–Trinajstić information content (AvgIpc) is 2.73. The topological polar surface area (TPSA) is 40.6 Å².